The molecule has 3 rings (SSSR count). The van der Waals surface area contributed by atoms with E-state index in [1.165, 1.54) is 5.56 Å². The van der Waals surface area contributed by atoms with E-state index in [9.17, 15) is 4.79 Å². The molecule has 1 fully saturated rings. The fourth-order valence-electron chi connectivity index (χ4n) is 3.26. The molecule has 1 aliphatic heterocycles. The van der Waals surface area contributed by atoms with E-state index in [1.54, 1.807) is 25.3 Å². The van der Waals surface area contributed by atoms with Crippen LogP contribution in [0.4, 0.5) is 0 Å². The van der Waals surface area contributed by atoms with Crippen LogP contribution < -0.4 is 4.74 Å². The summed E-state index contributed by atoms with van der Waals surface area (Å²) in [6, 6.07) is 15.1. The van der Waals surface area contributed by atoms with E-state index in [0.717, 1.165) is 25.2 Å². The summed E-state index contributed by atoms with van der Waals surface area (Å²) in [6.07, 6.45) is 0.291. The lowest BCUT2D eigenvalue weighted by molar-refractivity contribution is -0.132. The summed E-state index contributed by atoms with van der Waals surface area (Å²) in [5, 5.41) is 9.47. The molecule has 0 aliphatic carbocycles. The van der Waals surface area contributed by atoms with Gasteiger partial charge in [0, 0.05) is 43.3 Å². The SMILES string of the molecule is COc1ccc(Cl)cc1CC(=O)N1CCN(Cc2ccc(C#N)cc2)CC1. The van der Waals surface area contributed by atoms with E-state index in [-0.39, 0.29) is 5.91 Å². The first-order valence-corrected chi connectivity index (χ1v) is 9.28. The molecule has 1 heterocycles. The van der Waals surface area contributed by atoms with E-state index in [0.29, 0.717) is 35.8 Å². The molecule has 1 aliphatic rings. The van der Waals surface area contributed by atoms with Gasteiger partial charge in [0.05, 0.1) is 25.2 Å². The molecule has 6 heteroatoms. The molecule has 27 heavy (non-hydrogen) atoms. The van der Waals surface area contributed by atoms with Crippen LogP contribution >= 0.6 is 11.6 Å². The minimum Gasteiger partial charge on any atom is -0.496 e. The first-order chi connectivity index (χ1) is 13.1. The number of methoxy groups -OCH3 is 1. The van der Waals surface area contributed by atoms with Gasteiger partial charge in [-0.1, -0.05) is 23.7 Å². The summed E-state index contributed by atoms with van der Waals surface area (Å²) in [4.78, 5) is 16.9. The highest BCUT2D eigenvalue weighted by molar-refractivity contribution is 6.30. The maximum Gasteiger partial charge on any atom is 0.227 e. The van der Waals surface area contributed by atoms with Crippen LogP contribution in [-0.4, -0.2) is 49.0 Å². The third kappa shape index (κ3) is 5.00. The maximum atomic E-state index is 12.7. The van der Waals surface area contributed by atoms with E-state index in [4.69, 9.17) is 21.6 Å². The number of hydrogen-bond acceptors (Lipinski definition) is 4. The van der Waals surface area contributed by atoms with Crippen molar-refractivity contribution in [2.45, 2.75) is 13.0 Å². The zero-order valence-corrected chi connectivity index (χ0v) is 16.1. The third-order valence-corrected chi connectivity index (χ3v) is 5.03. The van der Waals surface area contributed by atoms with Crippen LogP contribution in [0.2, 0.25) is 5.02 Å². The zero-order valence-electron chi connectivity index (χ0n) is 15.3. The third-order valence-electron chi connectivity index (χ3n) is 4.80. The van der Waals surface area contributed by atoms with Crippen molar-refractivity contribution in [3.8, 4) is 11.8 Å². The molecule has 0 unspecified atom stereocenters. The minimum atomic E-state index is 0.0913. The predicted octanol–water partition coefficient (Wildman–Crippen LogP) is 3.11. The van der Waals surface area contributed by atoms with Gasteiger partial charge in [-0.25, -0.2) is 0 Å². The van der Waals surface area contributed by atoms with Gasteiger partial charge in [0.25, 0.3) is 0 Å². The van der Waals surface area contributed by atoms with Crippen LogP contribution in [0, 0.1) is 11.3 Å². The second-order valence-corrected chi connectivity index (χ2v) is 7.04. The molecule has 0 bridgehead atoms. The lowest BCUT2D eigenvalue weighted by Gasteiger charge is -2.35. The van der Waals surface area contributed by atoms with Gasteiger partial charge in [0.1, 0.15) is 5.75 Å². The number of carbonyl (C=O) groups is 1. The number of piperazine rings is 1. The lowest BCUT2D eigenvalue weighted by Crippen LogP contribution is -2.48. The second-order valence-electron chi connectivity index (χ2n) is 6.60. The Morgan fingerprint density at radius 2 is 1.85 bits per heavy atom. The number of nitrogens with zero attached hydrogens (tertiary/aromatic N) is 3. The highest BCUT2D eigenvalue weighted by atomic mass is 35.5. The van der Waals surface area contributed by atoms with Crippen molar-refractivity contribution in [3.63, 3.8) is 0 Å². The second kappa shape index (κ2) is 8.90. The number of amides is 1. The van der Waals surface area contributed by atoms with Gasteiger partial charge in [-0.05, 0) is 35.9 Å². The fourth-order valence-corrected chi connectivity index (χ4v) is 3.45. The Balaban J connectivity index is 1.53. The van der Waals surface area contributed by atoms with Crippen LogP contribution in [0.5, 0.6) is 5.75 Å². The van der Waals surface area contributed by atoms with Gasteiger partial charge in [0.2, 0.25) is 5.91 Å². The van der Waals surface area contributed by atoms with Crippen LogP contribution in [0.1, 0.15) is 16.7 Å². The molecule has 0 aromatic heterocycles. The van der Waals surface area contributed by atoms with Crippen LogP contribution in [-0.2, 0) is 17.8 Å². The highest BCUT2D eigenvalue weighted by Gasteiger charge is 2.22. The predicted molar refractivity (Wildman–Crippen MR) is 105 cm³/mol. The summed E-state index contributed by atoms with van der Waals surface area (Å²) in [6.45, 7) is 3.91. The van der Waals surface area contributed by atoms with Crippen molar-refractivity contribution in [2.75, 3.05) is 33.3 Å². The standard InChI is InChI=1S/C21H22ClN3O2/c1-27-20-7-6-19(22)12-18(20)13-21(26)25-10-8-24(9-11-25)15-17-4-2-16(14-23)3-5-17/h2-7,12H,8-11,13,15H2,1H3. The normalized spacial score (nSPS) is 14.6. The van der Waals surface area contributed by atoms with Crippen LogP contribution in [0.3, 0.4) is 0 Å². The van der Waals surface area contributed by atoms with E-state index >= 15 is 0 Å². The zero-order chi connectivity index (χ0) is 19.2. The Bertz CT molecular complexity index is 837. The average Bonchev–Trinajstić information content (AvgIpc) is 2.69. The van der Waals surface area contributed by atoms with Gasteiger partial charge in [-0.3, -0.25) is 9.69 Å². The quantitative estimate of drug-likeness (QED) is 0.796. The Kier molecular flexibility index (Phi) is 6.33. The highest BCUT2D eigenvalue weighted by Crippen LogP contribution is 2.24. The molecule has 0 radical (unpaired) electrons. The monoisotopic (exact) mass is 383 g/mol. The molecule has 0 atom stereocenters. The molecular formula is C21H22ClN3O2. The molecule has 2 aromatic rings. The number of carbonyl (C=O) groups excluding carboxylic acids is 1. The summed E-state index contributed by atoms with van der Waals surface area (Å²) in [5.41, 5.74) is 2.66. The molecule has 1 saturated heterocycles. The summed E-state index contributed by atoms with van der Waals surface area (Å²) < 4.78 is 5.33. The Morgan fingerprint density at radius 3 is 2.48 bits per heavy atom. The smallest absolute Gasteiger partial charge is 0.227 e. The Hall–Kier alpha value is -2.55. The molecule has 1 amide bonds. The lowest BCUT2D eigenvalue weighted by atomic mass is 10.1. The van der Waals surface area contributed by atoms with Crippen molar-refractivity contribution < 1.29 is 9.53 Å². The molecular weight excluding hydrogens is 362 g/mol. The molecule has 5 nitrogen and oxygen atoms in total. The van der Waals surface area contributed by atoms with Gasteiger partial charge >= 0.3 is 0 Å². The van der Waals surface area contributed by atoms with Crippen LogP contribution in [0.15, 0.2) is 42.5 Å². The van der Waals surface area contributed by atoms with Gasteiger partial charge in [-0.15, -0.1) is 0 Å². The molecule has 0 saturated carbocycles. The van der Waals surface area contributed by atoms with Crippen LogP contribution in [0.25, 0.3) is 0 Å². The minimum absolute atomic E-state index is 0.0913. The van der Waals surface area contributed by atoms with Gasteiger partial charge in [0.15, 0.2) is 0 Å². The Labute approximate surface area is 164 Å². The molecule has 0 spiro atoms. The summed E-state index contributed by atoms with van der Waals surface area (Å²) in [7, 11) is 1.60. The molecule has 0 N–H and O–H groups in total. The number of ether oxygens (including phenoxy) is 1. The molecule has 140 valence electrons. The summed E-state index contributed by atoms with van der Waals surface area (Å²) >= 11 is 6.05. The Morgan fingerprint density at radius 1 is 1.15 bits per heavy atom. The van der Waals surface area contributed by atoms with Crippen molar-refractivity contribution >= 4 is 17.5 Å². The van der Waals surface area contributed by atoms with Gasteiger partial charge < -0.3 is 9.64 Å². The number of halogens is 1. The molecule has 2 aromatic carbocycles. The number of hydrogen-bond donors (Lipinski definition) is 0. The van der Waals surface area contributed by atoms with E-state index in [1.807, 2.05) is 29.2 Å². The van der Waals surface area contributed by atoms with E-state index in [2.05, 4.69) is 11.0 Å². The topological polar surface area (TPSA) is 56.6 Å². The van der Waals surface area contributed by atoms with E-state index < -0.39 is 0 Å². The maximum absolute atomic E-state index is 12.7. The van der Waals surface area contributed by atoms with Crippen molar-refractivity contribution in [1.82, 2.24) is 9.80 Å². The largest absolute Gasteiger partial charge is 0.496 e. The average molecular weight is 384 g/mol. The number of rotatable bonds is 5. The summed E-state index contributed by atoms with van der Waals surface area (Å²) in [5.74, 6) is 0.779. The first kappa shape index (κ1) is 19.2. The number of benzene rings is 2. The fraction of sp³-hybridized carbons (Fsp3) is 0.333. The number of nitriles is 1. The van der Waals surface area contributed by atoms with Crippen molar-refractivity contribution in [1.29, 1.82) is 5.26 Å². The van der Waals surface area contributed by atoms with Crippen molar-refractivity contribution in [2.24, 2.45) is 0 Å². The first-order valence-electron chi connectivity index (χ1n) is 8.90. The van der Waals surface area contributed by atoms with Crippen molar-refractivity contribution in [3.05, 3.63) is 64.2 Å². The van der Waals surface area contributed by atoms with Gasteiger partial charge in [-0.2, -0.15) is 5.26 Å².